The molecule has 1 unspecified atom stereocenters. The van der Waals surface area contributed by atoms with Crippen molar-refractivity contribution in [1.29, 1.82) is 0 Å². The molecule has 4 nitrogen and oxygen atoms in total. The summed E-state index contributed by atoms with van der Waals surface area (Å²) in [5, 5.41) is 3.36. The molecule has 1 fully saturated rings. The number of hydrogen-bond donors (Lipinski definition) is 1. The van der Waals surface area contributed by atoms with Crippen molar-refractivity contribution in [3.05, 3.63) is 23.8 Å². The molecular weight excluding hydrogens is 226 g/mol. The topological polar surface area (TPSA) is 47.0 Å². The van der Waals surface area contributed by atoms with Crippen molar-refractivity contribution in [2.45, 2.75) is 45.8 Å². The highest BCUT2D eigenvalue weighted by molar-refractivity contribution is 5.06. The summed E-state index contributed by atoms with van der Waals surface area (Å²) < 4.78 is 5.79. The van der Waals surface area contributed by atoms with E-state index in [4.69, 9.17) is 4.74 Å². The third-order valence-corrected chi connectivity index (χ3v) is 3.12. The summed E-state index contributed by atoms with van der Waals surface area (Å²) in [6, 6.07) is 1.97. The van der Waals surface area contributed by atoms with Crippen LogP contribution in [0.3, 0.4) is 0 Å². The first kappa shape index (κ1) is 13.4. The number of hydrogen-bond acceptors (Lipinski definition) is 4. The van der Waals surface area contributed by atoms with Gasteiger partial charge in [-0.05, 0) is 44.7 Å². The zero-order chi connectivity index (χ0) is 12.8. The smallest absolute Gasteiger partial charge is 0.157 e. The molecule has 0 bridgehead atoms. The summed E-state index contributed by atoms with van der Waals surface area (Å²) in [6.07, 6.45) is 5.57. The molecule has 1 aromatic rings. The lowest BCUT2D eigenvalue weighted by Gasteiger charge is -2.15. The maximum atomic E-state index is 5.79. The van der Waals surface area contributed by atoms with Crippen LogP contribution in [0.2, 0.25) is 0 Å². The third-order valence-electron chi connectivity index (χ3n) is 3.12. The van der Waals surface area contributed by atoms with Gasteiger partial charge < -0.3 is 10.1 Å². The van der Waals surface area contributed by atoms with Crippen molar-refractivity contribution in [3.63, 3.8) is 0 Å². The van der Waals surface area contributed by atoms with E-state index >= 15 is 0 Å². The first-order chi connectivity index (χ1) is 8.85. The minimum atomic E-state index is 0.0983. The van der Waals surface area contributed by atoms with E-state index in [9.17, 15) is 0 Å². The average molecular weight is 249 g/mol. The minimum Gasteiger partial charge on any atom is -0.370 e. The van der Waals surface area contributed by atoms with E-state index < -0.39 is 0 Å². The fourth-order valence-corrected chi connectivity index (χ4v) is 2.04. The van der Waals surface area contributed by atoms with Crippen LogP contribution in [0.1, 0.15) is 50.7 Å². The zero-order valence-corrected chi connectivity index (χ0v) is 11.4. The third kappa shape index (κ3) is 3.75. The number of aromatic nitrogens is 2. The number of ether oxygens (including phenoxy) is 1. The lowest BCUT2D eigenvalue weighted by atomic mass is 10.2. The highest BCUT2D eigenvalue weighted by Gasteiger charge is 2.34. The monoisotopic (exact) mass is 249 g/mol. The molecule has 0 radical (unpaired) electrons. The van der Waals surface area contributed by atoms with Gasteiger partial charge in [-0.3, -0.25) is 0 Å². The van der Waals surface area contributed by atoms with Gasteiger partial charge in [0.1, 0.15) is 6.10 Å². The molecule has 0 saturated heterocycles. The van der Waals surface area contributed by atoms with E-state index in [1.807, 2.05) is 19.2 Å². The van der Waals surface area contributed by atoms with Crippen LogP contribution < -0.4 is 5.32 Å². The van der Waals surface area contributed by atoms with Crippen LogP contribution >= 0.6 is 0 Å². The maximum Gasteiger partial charge on any atom is 0.157 e. The molecule has 1 atom stereocenters. The van der Waals surface area contributed by atoms with Crippen molar-refractivity contribution in [3.8, 4) is 0 Å². The average Bonchev–Trinajstić information content (AvgIpc) is 3.21. The molecule has 1 aliphatic carbocycles. The molecule has 0 amide bonds. The van der Waals surface area contributed by atoms with Crippen molar-refractivity contribution < 1.29 is 4.74 Å². The second-order valence-electron chi connectivity index (χ2n) is 4.80. The number of nitrogens with one attached hydrogen (secondary N) is 1. The maximum absolute atomic E-state index is 5.79. The molecule has 2 rings (SSSR count). The van der Waals surface area contributed by atoms with E-state index in [-0.39, 0.29) is 6.10 Å². The predicted molar refractivity (Wildman–Crippen MR) is 71.1 cm³/mol. The van der Waals surface area contributed by atoms with Gasteiger partial charge in [-0.1, -0.05) is 6.92 Å². The lowest BCUT2D eigenvalue weighted by Crippen LogP contribution is -2.17. The SMILES string of the molecule is CCCNCc1ccnc(C(OCC)C2CC2)n1. The van der Waals surface area contributed by atoms with Crippen molar-refractivity contribution in [2.24, 2.45) is 5.92 Å². The Morgan fingerprint density at radius 3 is 2.94 bits per heavy atom. The molecule has 18 heavy (non-hydrogen) atoms. The Morgan fingerprint density at radius 2 is 2.28 bits per heavy atom. The van der Waals surface area contributed by atoms with Gasteiger partial charge in [-0.15, -0.1) is 0 Å². The van der Waals surface area contributed by atoms with Gasteiger partial charge in [0.05, 0.1) is 5.69 Å². The molecule has 4 heteroatoms. The first-order valence-electron chi connectivity index (χ1n) is 6.99. The normalized spacial score (nSPS) is 16.8. The van der Waals surface area contributed by atoms with Crippen molar-refractivity contribution in [2.75, 3.05) is 13.2 Å². The Kier molecular flexibility index (Phi) is 5.08. The van der Waals surface area contributed by atoms with E-state index in [1.165, 1.54) is 12.8 Å². The van der Waals surface area contributed by atoms with Gasteiger partial charge in [-0.25, -0.2) is 9.97 Å². The second kappa shape index (κ2) is 6.81. The summed E-state index contributed by atoms with van der Waals surface area (Å²) in [4.78, 5) is 9.01. The molecule has 1 N–H and O–H groups in total. The molecule has 1 saturated carbocycles. The van der Waals surface area contributed by atoms with Crippen LogP contribution in [-0.2, 0) is 11.3 Å². The Balaban J connectivity index is 2.00. The predicted octanol–water partition coefficient (Wildman–Crippen LogP) is 2.46. The second-order valence-corrected chi connectivity index (χ2v) is 4.80. The molecule has 0 aromatic carbocycles. The summed E-state index contributed by atoms with van der Waals surface area (Å²) in [6.45, 7) is 6.76. The van der Waals surface area contributed by atoms with Gasteiger partial charge in [0.25, 0.3) is 0 Å². The fraction of sp³-hybridized carbons (Fsp3) is 0.714. The first-order valence-corrected chi connectivity index (χ1v) is 6.99. The molecular formula is C14H23N3O. The van der Waals surface area contributed by atoms with E-state index in [0.717, 1.165) is 37.6 Å². The van der Waals surface area contributed by atoms with Crippen molar-refractivity contribution in [1.82, 2.24) is 15.3 Å². The Hall–Kier alpha value is -1.00. The van der Waals surface area contributed by atoms with E-state index in [0.29, 0.717) is 5.92 Å². The number of nitrogens with zero attached hydrogens (tertiary/aromatic N) is 2. The summed E-state index contributed by atoms with van der Waals surface area (Å²) in [5.74, 6) is 1.49. The Bertz CT molecular complexity index is 366. The summed E-state index contributed by atoms with van der Waals surface area (Å²) in [7, 11) is 0. The van der Waals surface area contributed by atoms with Gasteiger partial charge in [0.2, 0.25) is 0 Å². The standard InChI is InChI=1S/C14H23N3O/c1-3-8-15-10-12-7-9-16-14(17-12)13(18-4-2)11-5-6-11/h7,9,11,13,15H,3-6,8,10H2,1-2H3. The molecule has 0 aliphatic heterocycles. The Labute approximate surface area is 109 Å². The van der Waals surface area contributed by atoms with Crippen LogP contribution in [0, 0.1) is 5.92 Å². The van der Waals surface area contributed by atoms with Gasteiger partial charge in [-0.2, -0.15) is 0 Å². The quantitative estimate of drug-likeness (QED) is 0.719. The molecule has 1 aromatic heterocycles. The minimum absolute atomic E-state index is 0.0983. The van der Waals surface area contributed by atoms with E-state index in [2.05, 4.69) is 22.2 Å². The molecule has 100 valence electrons. The van der Waals surface area contributed by atoms with Gasteiger partial charge in [0, 0.05) is 19.3 Å². The fourth-order valence-electron chi connectivity index (χ4n) is 2.04. The van der Waals surface area contributed by atoms with Gasteiger partial charge >= 0.3 is 0 Å². The Morgan fingerprint density at radius 1 is 1.44 bits per heavy atom. The van der Waals surface area contributed by atoms with Gasteiger partial charge in [0.15, 0.2) is 5.82 Å². The van der Waals surface area contributed by atoms with Crippen LogP contribution in [0.5, 0.6) is 0 Å². The van der Waals surface area contributed by atoms with Crippen LogP contribution in [0.4, 0.5) is 0 Å². The molecule has 1 heterocycles. The van der Waals surface area contributed by atoms with Crippen molar-refractivity contribution >= 4 is 0 Å². The zero-order valence-electron chi connectivity index (χ0n) is 11.4. The van der Waals surface area contributed by atoms with Crippen LogP contribution in [0.25, 0.3) is 0 Å². The summed E-state index contributed by atoms with van der Waals surface area (Å²) >= 11 is 0. The van der Waals surface area contributed by atoms with Crippen LogP contribution in [-0.4, -0.2) is 23.1 Å². The lowest BCUT2D eigenvalue weighted by molar-refractivity contribution is 0.0398. The molecule has 0 spiro atoms. The van der Waals surface area contributed by atoms with E-state index in [1.54, 1.807) is 0 Å². The van der Waals surface area contributed by atoms with Crippen LogP contribution in [0.15, 0.2) is 12.3 Å². The molecule has 1 aliphatic rings. The largest absolute Gasteiger partial charge is 0.370 e. The number of rotatable bonds is 8. The summed E-state index contributed by atoms with van der Waals surface area (Å²) in [5.41, 5.74) is 1.05. The highest BCUT2D eigenvalue weighted by Crippen LogP contribution is 2.42. The highest BCUT2D eigenvalue weighted by atomic mass is 16.5.